The maximum absolute atomic E-state index is 13.3. The monoisotopic (exact) mass is 320 g/mol. The molecule has 1 saturated carbocycles. The zero-order valence-corrected chi connectivity index (χ0v) is 13.8. The number of nitrogens with one attached hydrogen (secondary N) is 1. The van der Waals surface area contributed by atoms with Gasteiger partial charge in [-0.2, -0.15) is 0 Å². The van der Waals surface area contributed by atoms with E-state index in [4.69, 9.17) is 4.74 Å². The molecule has 126 valence electrons. The van der Waals surface area contributed by atoms with Crippen LogP contribution in [-0.2, 0) is 9.53 Å². The van der Waals surface area contributed by atoms with Gasteiger partial charge in [-0.25, -0.2) is 4.39 Å². The molecular weight excluding hydrogens is 295 g/mol. The summed E-state index contributed by atoms with van der Waals surface area (Å²) in [4.78, 5) is 14.5. The molecule has 0 unspecified atom stereocenters. The fourth-order valence-corrected chi connectivity index (χ4v) is 3.44. The standard InChI is InChI=1S/C18H25FN2O2/c1-3-23-17-10-15(17)18(22)20-14-5-4-8-21(11-14)16-7-6-13(19)9-12(16)2/h6-7,9,14-15,17H,3-5,8,10-11H2,1-2H3,(H,20,22)/t14-,15-,17-/m1/s1. The fraction of sp³-hybridized carbons (Fsp3) is 0.611. The lowest BCUT2D eigenvalue weighted by Gasteiger charge is -2.35. The molecule has 0 bridgehead atoms. The minimum absolute atomic E-state index is 0.0258. The van der Waals surface area contributed by atoms with E-state index in [9.17, 15) is 9.18 Å². The predicted octanol–water partition coefficient (Wildman–Crippen LogP) is 2.64. The lowest BCUT2D eigenvalue weighted by atomic mass is 10.0. The number of carbonyl (C=O) groups excluding carboxylic acids is 1. The number of nitrogens with zero attached hydrogens (tertiary/aromatic N) is 1. The summed E-state index contributed by atoms with van der Waals surface area (Å²) in [5.74, 6) is -0.0622. The van der Waals surface area contributed by atoms with Crippen LogP contribution in [0.25, 0.3) is 0 Å². The molecule has 0 radical (unpaired) electrons. The Labute approximate surface area is 137 Å². The van der Waals surface area contributed by atoms with Crippen LogP contribution in [0.3, 0.4) is 0 Å². The molecule has 0 aromatic heterocycles. The zero-order valence-electron chi connectivity index (χ0n) is 13.8. The van der Waals surface area contributed by atoms with Crippen molar-refractivity contribution in [1.82, 2.24) is 5.32 Å². The van der Waals surface area contributed by atoms with E-state index >= 15 is 0 Å². The van der Waals surface area contributed by atoms with Crippen molar-refractivity contribution in [2.75, 3.05) is 24.6 Å². The fourth-order valence-electron chi connectivity index (χ4n) is 3.44. The molecule has 0 spiro atoms. The molecule has 1 aromatic carbocycles. The Morgan fingerprint density at radius 2 is 2.30 bits per heavy atom. The van der Waals surface area contributed by atoms with Gasteiger partial charge < -0.3 is 15.0 Å². The van der Waals surface area contributed by atoms with Crippen LogP contribution in [0.2, 0.25) is 0 Å². The van der Waals surface area contributed by atoms with Crippen molar-refractivity contribution < 1.29 is 13.9 Å². The summed E-state index contributed by atoms with van der Waals surface area (Å²) in [6.07, 6.45) is 2.97. The third-order valence-corrected chi connectivity index (χ3v) is 4.72. The van der Waals surface area contributed by atoms with Gasteiger partial charge in [0.25, 0.3) is 0 Å². The summed E-state index contributed by atoms with van der Waals surface area (Å²) in [5.41, 5.74) is 2.00. The molecule has 5 heteroatoms. The molecule has 3 rings (SSSR count). The van der Waals surface area contributed by atoms with E-state index in [0.717, 1.165) is 43.6 Å². The number of piperidine rings is 1. The van der Waals surface area contributed by atoms with Gasteiger partial charge in [-0.05, 0) is 56.9 Å². The van der Waals surface area contributed by atoms with Gasteiger partial charge >= 0.3 is 0 Å². The first kappa shape index (κ1) is 16.2. The molecule has 1 aliphatic heterocycles. The van der Waals surface area contributed by atoms with Crippen LogP contribution in [0.4, 0.5) is 10.1 Å². The van der Waals surface area contributed by atoms with Gasteiger partial charge in [0, 0.05) is 31.4 Å². The number of ether oxygens (including phenoxy) is 1. The van der Waals surface area contributed by atoms with Crippen molar-refractivity contribution in [3.05, 3.63) is 29.6 Å². The second-order valence-electron chi connectivity index (χ2n) is 6.56. The first-order valence-corrected chi connectivity index (χ1v) is 8.51. The molecule has 2 aliphatic rings. The number of aryl methyl sites for hydroxylation is 1. The quantitative estimate of drug-likeness (QED) is 0.907. The first-order chi connectivity index (χ1) is 11.1. The molecule has 1 heterocycles. The topological polar surface area (TPSA) is 41.6 Å². The minimum atomic E-state index is -0.205. The highest BCUT2D eigenvalue weighted by molar-refractivity contribution is 5.82. The Balaban J connectivity index is 1.57. The van der Waals surface area contributed by atoms with E-state index < -0.39 is 0 Å². The predicted molar refractivity (Wildman–Crippen MR) is 88.0 cm³/mol. The number of hydrogen-bond donors (Lipinski definition) is 1. The van der Waals surface area contributed by atoms with Crippen LogP contribution in [0, 0.1) is 18.7 Å². The summed E-state index contributed by atoms with van der Waals surface area (Å²) < 4.78 is 18.8. The minimum Gasteiger partial charge on any atom is -0.378 e. The highest BCUT2D eigenvalue weighted by Crippen LogP contribution is 2.34. The van der Waals surface area contributed by atoms with Crippen molar-refractivity contribution in [3.63, 3.8) is 0 Å². The van der Waals surface area contributed by atoms with Crippen LogP contribution in [0.15, 0.2) is 18.2 Å². The molecule has 4 nitrogen and oxygen atoms in total. The molecule has 1 saturated heterocycles. The largest absolute Gasteiger partial charge is 0.378 e. The van der Waals surface area contributed by atoms with E-state index in [0.29, 0.717) is 6.61 Å². The third-order valence-electron chi connectivity index (χ3n) is 4.72. The van der Waals surface area contributed by atoms with Crippen molar-refractivity contribution in [2.45, 2.75) is 45.3 Å². The van der Waals surface area contributed by atoms with Crippen molar-refractivity contribution in [1.29, 1.82) is 0 Å². The van der Waals surface area contributed by atoms with E-state index in [-0.39, 0.29) is 29.8 Å². The normalized spacial score (nSPS) is 26.9. The van der Waals surface area contributed by atoms with Gasteiger partial charge in [-0.15, -0.1) is 0 Å². The highest BCUT2D eigenvalue weighted by Gasteiger charge is 2.44. The van der Waals surface area contributed by atoms with Crippen molar-refractivity contribution >= 4 is 11.6 Å². The first-order valence-electron chi connectivity index (χ1n) is 8.51. The Morgan fingerprint density at radius 3 is 3.04 bits per heavy atom. The number of rotatable bonds is 5. The number of anilines is 1. The summed E-state index contributed by atoms with van der Waals surface area (Å²) >= 11 is 0. The van der Waals surface area contributed by atoms with E-state index in [1.165, 1.54) is 6.07 Å². The lowest BCUT2D eigenvalue weighted by molar-refractivity contribution is -0.124. The summed E-state index contributed by atoms with van der Waals surface area (Å²) in [6.45, 7) is 6.28. The molecule has 3 atom stereocenters. The second kappa shape index (κ2) is 6.87. The molecule has 1 N–H and O–H groups in total. The number of carbonyl (C=O) groups is 1. The van der Waals surface area contributed by atoms with E-state index in [1.807, 2.05) is 19.9 Å². The van der Waals surface area contributed by atoms with Gasteiger partial charge in [0.2, 0.25) is 5.91 Å². The number of amides is 1. The van der Waals surface area contributed by atoms with Crippen LogP contribution in [-0.4, -0.2) is 37.7 Å². The second-order valence-corrected chi connectivity index (χ2v) is 6.56. The molecule has 1 amide bonds. The average molecular weight is 320 g/mol. The average Bonchev–Trinajstić information content (AvgIpc) is 3.27. The molecular formula is C18H25FN2O2. The van der Waals surface area contributed by atoms with Crippen LogP contribution in [0.1, 0.15) is 31.7 Å². The maximum atomic E-state index is 13.3. The van der Waals surface area contributed by atoms with Gasteiger partial charge in [0.15, 0.2) is 0 Å². The smallest absolute Gasteiger partial charge is 0.226 e. The van der Waals surface area contributed by atoms with E-state index in [1.54, 1.807) is 6.07 Å². The SMILES string of the molecule is CCO[C@@H]1C[C@H]1C(=O)N[C@@H]1CCCN(c2ccc(F)cc2C)C1. The number of hydrogen-bond acceptors (Lipinski definition) is 3. The van der Waals surface area contributed by atoms with Crippen LogP contribution >= 0.6 is 0 Å². The van der Waals surface area contributed by atoms with Gasteiger partial charge in [0.05, 0.1) is 12.0 Å². The molecule has 23 heavy (non-hydrogen) atoms. The maximum Gasteiger partial charge on any atom is 0.226 e. The third kappa shape index (κ3) is 3.83. The molecule has 2 fully saturated rings. The Morgan fingerprint density at radius 1 is 1.48 bits per heavy atom. The summed E-state index contributed by atoms with van der Waals surface area (Å²) in [6, 6.07) is 5.06. The Hall–Kier alpha value is -1.62. The molecule has 1 aliphatic carbocycles. The van der Waals surface area contributed by atoms with Crippen LogP contribution in [0.5, 0.6) is 0 Å². The number of halogens is 1. The Bertz CT molecular complexity index is 578. The Kier molecular flexibility index (Phi) is 4.85. The van der Waals surface area contributed by atoms with Gasteiger partial charge in [-0.3, -0.25) is 4.79 Å². The van der Waals surface area contributed by atoms with Gasteiger partial charge in [0.1, 0.15) is 5.82 Å². The van der Waals surface area contributed by atoms with Gasteiger partial charge in [-0.1, -0.05) is 0 Å². The zero-order chi connectivity index (χ0) is 16.4. The summed E-state index contributed by atoms with van der Waals surface area (Å²) in [5, 5.41) is 3.17. The lowest BCUT2D eigenvalue weighted by Crippen LogP contribution is -2.48. The van der Waals surface area contributed by atoms with Crippen molar-refractivity contribution in [3.8, 4) is 0 Å². The molecule has 1 aromatic rings. The number of benzene rings is 1. The van der Waals surface area contributed by atoms with E-state index in [2.05, 4.69) is 10.2 Å². The summed E-state index contributed by atoms with van der Waals surface area (Å²) in [7, 11) is 0. The van der Waals surface area contributed by atoms with Crippen LogP contribution < -0.4 is 10.2 Å². The van der Waals surface area contributed by atoms with Crippen molar-refractivity contribution in [2.24, 2.45) is 5.92 Å². The highest BCUT2D eigenvalue weighted by atomic mass is 19.1.